The lowest BCUT2D eigenvalue weighted by Gasteiger charge is -2.25. The Morgan fingerprint density at radius 1 is 1.24 bits per heavy atom. The number of rotatable bonds is 7. The number of hydrogen-bond donors (Lipinski definition) is 2. The highest BCUT2D eigenvalue weighted by atomic mass is 16.5. The molecule has 1 aromatic carbocycles. The van der Waals surface area contributed by atoms with Gasteiger partial charge in [0.15, 0.2) is 6.10 Å². The van der Waals surface area contributed by atoms with Crippen molar-refractivity contribution < 1.29 is 24.2 Å². The van der Waals surface area contributed by atoms with E-state index in [2.05, 4.69) is 5.32 Å². The molecular weight excluding hydrogens is 274 g/mol. The minimum Gasteiger partial charge on any atom is -0.497 e. The van der Waals surface area contributed by atoms with Crippen LogP contribution in [0, 0.1) is 0 Å². The van der Waals surface area contributed by atoms with Gasteiger partial charge < -0.3 is 19.9 Å². The summed E-state index contributed by atoms with van der Waals surface area (Å²) in [5.41, 5.74) is 0.0216. The number of carbonyl (C=O) groups excluding carboxylic acids is 1. The number of amides is 1. The van der Waals surface area contributed by atoms with E-state index in [1.165, 1.54) is 7.11 Å². The Bertz CT molecular complexity index is 495. The Balaban J connectivity index is 2.76. The van der Waals surface area contributed by atoms with Gasteiger partial charge in [-0.2, -0.15) is 0 Å². The lowest BCUT2D eigenvalue weighted by Crippen LogP contribution is -2.45. The number of benzene rings is 1. The number of aliphatic carboxylic acids is 1. The summed E-state index contributed by atoms with van der Waals surface area (Å²) in [5, 5.41) is 11.5. The van der Waals surface area contributed by atoms with Gasteiger partial charge in [-0.15, -0.1) is 0 Å². The van der Waals surface area contributed by atoms with Crippen LogP contribution in [0.1, 0.15) is 19.4 Å². The molecule has 1 amide bonds. The van der Waals surface area contributed by atoms with Crippen molar-refractivity contribution in [2.75, 3.05) is 20.8 Å². The second kappa shape index (κ2) is 7.08. The summed E-state index contributed by atoms with van der Waals surface area (Å²) in [6.45, 7) is 3.46. The first kappa shape index (κ1) is 17.0. The molecule has 0 fully saturated rings. The van der Waals surface area contributed by atoms with E-state index in [0.29, 0.717) is 5.75 Å². The molecule has 6 heteroatoms. The average molecular weight is 295 g/mol. The van der Waals surface area contributed by atoms with Gasteiger partial charge in [-0.3, -0.25) is 4.79 Å². The number of carboxylic acids is 1. The van der Waals surface area contributed by atoms with Gasteiger partial charge in [0.1, 0.15) is 5.75 Å². The molecule has 116 valence electrons. The third kappa shape index (κ3) is 4.19. The normalized spacial score (nSPS) is 12.6. The second-order valence-corrected chi connectivity index (χ2v) is 5.13. The molecule has 0 aromatic heterocycles. The van der Waals surface area contributed by atoms with Crippen LogP contribution in [-0.2, 0) is 19.7 Å². The predicted octanol–water partition coefficient (Wildman–Crippen LogP) is 1.19. The molecule has 0 aliphatic rings. The van der Waals surface area contributed by atoms with E-state index in [0.717, 1.165) is 5.56 Å². The summed E-state index contributed by atoms with van der Waals surface area (Å²) in [6.07, 6.45) is -1.05. The standard InChI is InChI=1S/C15H21NO5/c1-15(2,10-5-7-11(20-3)8-6-10)14(19)16-9-12(21-4)13(17)18/h5-8,12H,9H2,1-4H3,(H,16,19)(H,17,18). The lowest BCUT2D eigenvalue weighted by atomic mass is 9.83. The molecule has 6 nitrogen and oxygen atoms in total. The van der Waals surface area contributed by atoms with Gasteiger partial charge in [0.05, 0.1) is 19.1 Å². The van der Waals surface area contributed by atoms with Crippen molar-refractivity contribution in [3.63, 3.8) is 0 Å². The monoisotopic (exact) mass is 295 g/mol. The first-order valence-corrected chi connectivity index (χ1v) is 6.51. The average Bonchev–Trinajstić information content (AvgIpc) is 2.47. The van der Waals surface area contributed by atoms with E-state index in [9.17, 15) is 9.59 Å². The predicted molar refractivity (Wildman–Crippen MR) is 77.5 cm³/mol. The zero-order valence-corrected chi connectivity index (χ0v) is 12.7. The van der Waals surface area contributed by atoms with Crippen molar-refractivity contribution in [1.29, 1.82) is 0 Å². The number of hydrogen-bond acceptors (Lipinski definition) is 4. The summed E-state index contributed by atoms with van der Waals surface area (Å²) in [7, 11) is 2.86. The fourth-order valence-electron chi connectivity index (χ4n) is 1.82. The third-order valence-corrected chi connectivity index (χ3v) is 3.39. The number of carbonyl (C=O) groups is 2. The van der Waals surface area contributed by atoms with Crippen LogP contribution >= 0.6 is 0 Å². The Labute approximate surface area is 124 Å². The van der Waals surface area contributed by atoms with Crippen LogP contribution in [0.2, 0.25) is 0 Å². The fraction of sp³-hybridized carbons (Fsp3) is 0.467. The molecule has 0 heterocycles. The van der Waals surface area contributed by atoms with Gasteiger partial charge in [0, 0.05) is 7.11 Å². The molecule has 0 aliphatic heterocycles. The molecule has 1 unspecified atom stereocenters. The minimum absolute atomic E-state index is 0.0791. The van der Waals surface area contributed by atoms with Crippen LogP contribution in [0.4, 0.5) is 0 Å². The van der Waals surface area contributed by atoms with Crippen LogP contribution in [0.25, 0.3) is 0 Å². The van der Waals surface area contributed by atoms with Crippen LogP contribution < -0.4 is 10.1 Å². The van der Waals surface area contributed by atoms with Crippen molar-refractivity contribution in [3.8, 4) is 5.75 Å². The van der Waals surface area contributed by atoms with Crippen molar-refractivity contribution >= 4 is 11.9 Å². The van der Waals surface area contributed by atoms with Crippen LogP contribution in [0.3, 0.4) is 0 Å². The summed E-state index contributed by atoms with van der Waals surface area (Å²) in [4.78, 5) is 23.1. The molecule has 0 aliphatic carbocycles. The highest BCUT2D eigenvalue weighted by Gasteiger charge is 2.30. The SMILES string of the molecule is COc1ccc(C(C)(C)C(=O)NCC(OC)C(=O)O)cc1. The Hall–Kier alpha value is -2.08. The van der Waals surface area contributed by atoms with Crippen LogP contribution in [0.15, 0.2) is 24.3 Å². The smallest absolute Gasteiger partial charge is 0.334 e. The summed E-state index contributed by atoms with van der Waals surface area (Å²) in [5.74, 6) is -0.670. The van der Waals surface area contributed by atoms with Crippen molar-refractivity contribution in [1.82, 2.24) is 5.32 Å². The molecule has 1 atom stereocenters. The molecule has 1 rings (SSSR count). The van der Waals surface area contributed by atoms with Gasteiger partial charge in [-0.05, 0) is 31.5 Å². The molecule has 0 saturated heterocycles. The third-order valence-electron chi connectivity index (χ3n) is 3.39. The van der Waals surface area contributed by atoms with Crippen molar-refractivity contribution in [3.05, 3.63) is 29.8 Å². The fourth-order valence-corrected chi connectivity index (χ4v) is 1.82. The minimum atomic E-state index is -1.11. The Kier molecular flexibility index (Phi) is 5.72. The Morgan fingerprint density at radius 3 is 2.24 bits per heavy atom. The van der Waals surface area contributed by atoms with Crippen molar-refractivity contribution in [2.24, 2.45) is 0 Å². The van der Waals surface area contributed by atoms with E-state index in [1.807, 2.05) is 12.1 Å². The summed E-state index contributed by atoms with van der Waals surface area (Å²) < 4.78 is 9.86. The van der Waals surface area contributed by atoms with Gasteiger partial charge in [-0.1, -0.05) is 12.1 Å². The van der Waals surface area contributed by atoms with Gasteiger partial charge in [0.2, 0.25) is 5.91 Å². The van der Waals surface area contributed by atoms with E-state index in [-0.39, 0.29) is 12.5 Å². The van der Waals surface area contributed by atoms with E-state index < -0.39 is 17.5 Å². The quantitative estimate of drug-likeness (QED) is 0.789. The largest absolute Gasteiger partial charge is 0.497 e. The molecule has 0 bridgehead atoms. The van der Waals surface area contributed by atoms with E-state index >= 15 is 0 Å². The molecule has 0 radical (unpaired) electrons. The zero-order valence-electron chi connectivity index (χ0n) is 12.7. The topological polar surface area (TPSA) is 84.9 Å². The van der Waals surface area contributed by atoms with Gasteiger partial charge in [0.25, 0.3) is 0 Å². The van der Waals surface area contributed by atoms with Crippen molar-refractivity contribution in [2.45, 2.75) is 25.4 Å². The molecule has 0 saturated carbocycles. The Morgan fingerprint density at radius 2 is 1.81 bits per heavy atom. The number of nitrogens with one attached hydrogen (secondary N) is 1. The molecular formula is C15H21NO5. The molecule has 1 aromatic rings. The number of methoxy groups -OCH3 is 2. The maximum absolute atomic E-state index is 12.3. The van der Waals surface area contributed by atoms with E-state index in [4.69, 9.17) is 14.6 Å². The maximum Gasteiger partial charge on any atom is 0.334 e. The van der Waals surface area contributed by atoms with Crippen LogP contribution in [-0.4, -0.2) is 43.9 Å². The van der Waals surface area contributed by atoms with Crippen LogP contribution in [0.5, 0.6) is 5.75 Å². The molecule has 21 heavy (non-hydrogen) atoms. The zero-order chi connectivity index (χ0) is 16.0. The van der Waals surface area contributed by atoms with Gasteiger partial charge in [-0.25, -0.2) is 4.79 Å². The maximum atomic E-state index is 12.3. The number of carboxylic acid groups (broad SMARTS) is 1. The number of ether oxygens (including phenoxy) is 2. The van der Waals surface area contributed by atoms with Gasteiger partial charge >= 0.3 is 5.97 Å². The first-order chi connectivity index (χ1) is 9.82. The lowest BCUT2D eigenvalue weighted by molar-refractivity contribution is -0.148. The summed E-state index contributed by atoms with van der Waals surface area (Å²) in [6, 6.07) is 7.17. The highest BCUT2D eigenvalue weighted by Crippen LogP contribution is 2.25. The molecule has 0 spiro atoms. The first-order valence-electron chi connectivity index (χ1n) is 6.51. The highest BCUT2D eigenvalue weighted by molar-refractivity contribution is 5.87. The second-order valence-electron chi connectivity index (χ2n) is 5.13. The van der Waals surface area contributed by atoms with E-state index in [1.54, 1.807) is 33.1 Å². The summed E-state index contributed by atoms with van der Waals surface area (Å²) >= 11 is 0. The molecule has 2 N–H and O–H groups in total.